The van der Waals surface area contributed by atoms with Crippen LogP contribution in [0.4, 0.5) is 0 Å². The van der Waals surface area contributed by atoms with Crippen molar-refractivity contribution in [2.75, 3.05) is 0 Å². The van der Waals surface area contributed by atoms with Crippen LogP contribution < -0.4 is 0 Å². The third kappa shape index (κ3) is 1.62. The number of epoxide rings is 1. The second kappa shape index (κ2) is 3.98. The molecule has 3 heteroatoms. The van der Waals surface area contributed by atoms with E-state index in [4.69, 9.17) is 9.47 Å². The van der Waals surface area contributed by atoms with Crippen LogP contribution in [0.2, 0.25) is 0 Å². The van der Waals surface area contributed by atoms with Crippen LogP contribution in [0, 0.1) is 0 Å². The summed E-state index contributed by atoms with van der Waals surface area (Å²) in [6, 6.07) is 0. The van der Waals surface area contributed by atoms with Crippen LogP contribution in [-0.2, 0) is 14.3 Å². The summed E-state index contributed by atoms with van der Waals surface area (Å²) in [7, 11) is 0. The number of ether oxygens (including phenoxy) is 2. The molecule has 1 heterocycles. The Hall–Kier alpha value is -0.570. The summed E-state index contributed by atoms with van der Waals surface area (Å²) < 4.78 is 11.6. The summed E-state index contributed by atoms with van der Waals surface area (Å²) >= 11 is 0. The molecule has 3 nitrogen and oxygen atoms in total. The normalized spacial score (nSPS) is 35.4. The molecule has 1 spiro atoms. The molecule has 0 aromatic rings. The van der Waals surface area contributed by atoms with E-state index in [1.54, 1.807) is 0 Å². The Labute approximate surface area is 103 Å². The second-order valence-corrected chi connectivity index (χ2v) is 5.80. The lowest BCUT2D eigenvalue weighted by Gasteiger charge is -2.17. The van der Waals surface area contributed by atoms with Gasteiger partial charge in [0.1, 0.15) is 11.7 Å². The van der Waals surface area contributed by atoms with E-state index >= 15 is 0 Å². The number of carbonyl (C=O) groups excluding carboxylic acids is 1. The Bertz CT molecular complexity index is 313. The number of hydrogen-bond acceptors (Lipinski definition) is 3. The van der Waals surface area contributed by atoms with Gasteiger partial charge in [-0.25, -0.2) is 4.79 Å². The van der Waals surface area contributed by atoms with Gasteiger partial charge in [-0.2, -0.15) is 0 Å². The van der Waals surface area contributed by atoms with Gasteiger partial charge in [-0.05, 0) is 44.9 Å². The van der Waals surface area contributed by atoms with Crippen molar-refractivity contribution in [2.45, 2.75) is 82.0 Å². The van der Waals surface area contributed by atoms with Crippen LogP contribution in [0.1, 0.15) is 64.7 Å². The van der Waals surface area contributed by atoms with Crippen LogP contribution in [-0.4, -0.2) is 23.3 Å². The van der Waals surface area contributed by atoms with Crippen LogP contribution >= 0.6 is 0 Å². The van der Waals surface area contributed by atoms with Gasteiger partial charge in [0, 0.05) is 0 Å². The van der Waals surface area contributed by atoms with E-state index in [1.165, 1.54) is 25.7 Å². The van der Waals surface area contributed by atoms with Gasteiger partial charge in [-0.1, -0.05) is 19.8 Å². The van der Waals surface area contributed by atoms with Crippen molar-refractivity contribution >= 4 is 5.97 Å². The van der Waals surface area contributed by atoms with E-state index in [1.807, 2.05) is 6.92 Å². The molecule has 0 aromatic carbocycles. The summed E-state index contributed by atoms with van der Waals surface area (Å²) in [5.41, 5.74) is -0.719. The molecule has 1 aliphatic heterocycles. The van der Waals surface area contributed by atoms with E-state index in [9.17, 15) is 4.79 Å². The smallest absolute Gasteiger partial charge is 0.341 e. The molecule has 0 amide bonds. The van der Waals surface area contributed by atoms with Crippen molar-refractivity contribution in [3.05, 3.63) is 0 Å². The lowest BCUT2D eigenvalue weighted by atomic mass is 9.89. The van der Waals surface area contributed by atoms with Gasteiger partial charge in [0.2, 0.25) is 0 Å². The molecule has 3 fully saturated rings. The van der Waals surface area contributed by atoms with Crippen LogP contribution in [0.5, 0.6) is 0 Å². The highest BCUT2D eigenvalue weighted by molar-refractivity contribution is 5.85. The van der Waals surface area contributed by atoms with Crippen LogP contribution in [0.3, 0.4) is 0 Å². The summed E-state index contributed by atoms with van der Waals surface area (Å²) in [6.45, 7) is 2.04. The number of hydrogen-bond donors (Lipinski definition) is 0. The molecular weight excluding hydrogens is 216 g/mol. The fraction of sp³-hybridized carbons (Fsp3) is 0.929. The molecule has 1 atom stereocenters. The van der Waals surface area contributed by atoms with Crippen molar-refractivity contribution < 1.29 is 14.3 Å². The average molecular weight is 238 g/mol. The molecule has 0 radical (unpaired) electrons. The monoisotopic (exact) mass is 238 g/mol. The number of rotatable bonds is 3. The summed E-state index contributed by atoms with van der Waals surface area (Å²) in [6.07, 6.45) is 9.87. The molecule has 96 valence electrons. The molecule has 2 saturated carbocycles. The minimum atomic E-state index is -0.577. The third-order valence-corrected chi connectivity index (χ3v) is 4.88. The van der Waals surface area contributed by atoms with E-state index in [2.05, 4.69) is 0 Å². The quantitative estimate of drug-likeness (QED) is 0.560. The molecule has 0 bridgehead atoms. The zero-order valence-electron chi connectivity index (χ0n) is 10.7. The predicted molar refractivity (Wildman–Crippen MR) is 63.7 cm³/mol. The largest absolute Gasteiger partial charge is 0.460 e. The van der Waals surface area contributed by atoms with Crippen molar-refractivity contribution in [3.63, 3.8) is 0 Å². The topological polar surface area (TPSA) is 38.8 Å². The molecule has 2 aliphatic carbocycles. The maximum atomic E-state index is 12.3. The maximum Gasteiger partial charge on any atom is 0.341 e. The summed E-state index contributed by atoms with van der Waals surface area (Å²) in [5, 5.41) is 0. The predicted octanol–water partition coefficient (Wildman–Crippen LogP) is 2.96. The lowest BCUT2D eigenvalue weighted by molar-refractivity contribution is -0.155. The number of esters is 1. The zero-order valence-corrected chi connectivity index (χ0v) is 10.7. The molecule has 3 rings (SSSR count). The van der Waals surface area contributed by atoms with Gasteiger partial charge in [0.15, 0.2) is 5.60 Å². The first-order valence-corrected chi connectivity index (χ1v) is 7.14. The van der Waals surface area contributed by atoms with Gasteiger partial charge >= 0.3 is 5.97 Å². The van der Waals surface area contributed by atoms with Crippen molar-refractivity contribution in [3.8, 4) is 0 Å². The van der Waals surface area contributed by atoms with Gasteiger partial charge in [-0.3, -0.25) is 0 Å². The zero-order chi connectivity index (χ0) is 11.9. The van der Waals surface area contributed by atoms with E-state index in [0.717, 1.165) is 32.1 Å². The highest BCUT2D eigenvalue weighted by Crippen LogP contribution is 2.60. The first kappa shape index (κ1) is 11.5. The second-order valence-electron chi connectivity index (χ2n) is 5.80. The minimum absolute atomic E-state index is 0.0752. The highest BCUT2D eigenvalue weighted by Gasteiger charge is 2.74. The van der Waals surface area contributed by atoms with Gasteiger partial charge in [-0.15, -0.1) is 0 Å². The maximum absolute atomic E-state index is 12.3. The SMILES string of the molecule is CCC1(C(=O)OC2CCCC2)OC12CCCC2. The third-order valence-electron chi connectivity index (χ3n) is 4.88. The van der Waals surface area contributed by atoms with E-state index in [0.29, 0.717) is 0 Å². The molecule has 1 unspecified atom stereocenters. The fourth-order valence-corrected chi connectivity index (χ4v) is 3.78. The Morgan fingerprint density at radius 1 is 1.24 bits per heavy atom. The standard InChI is InChI=1S/C14H22O3/c1-2-14(13(17-14)9-5-6-10-13)12(15)16-11-7-3-4-8-11/h11H,2-10H2,1H3. The van der Waals surface area contributed by atoms with Gasteiger partial charge < -0.3 is 9.47 Å². The van der Waals surface area contributed by atoms with Crippen LogP contribution in [0.15, 0.2) is 0 Å². The number of carbonyl (C=O) groups is 1. The molecule has 0 aromatic heterocycles. The Balaban J connectivity index is 1.67. The van der Waals surface area contributed by atoms with E-state index < -0.39 is 5.60 Å². The average Bonchev–Trinajstić information content (AvgIpc) is 2.74. The first-order chi connectivity index (χ1) is 8.22. The molecule has 1 saturated heterocycles. The Morgan fingerprint density at radius 2 is 1.88 bits per heavy atom. The molecule has 3 aliphatic rings. The molecule has 0 N–H and O–H groups in total. The molecular formula is C14H22O3. The van der Waals surface area contributed by atoms with Crippen molar-refractivity contribution in [1.82, 2.24) is 0 Å². The van der Waals surface area contributed by atoms with Crippen molar-refractivity contribution in [1.29, 1.82) is 0 Å². The highest BCUT2D eigenvalue weighted by atomic mass is 16.7. The van der Waals surface area contributed by atoms with E-state index in [-0.39, 0.29) is 17.7 Å². The minimum Gasteiger partial charge on any atom is -0.460 e. The van der Waals surface area contributed by atoms with Gasteiger partial charge in [0.25, 0.3) is 0 Å². The lowest BCUT2D eigenvalue weighted by Crippen LogP contribution is -2.36. The Kier molecular flexibility index (Phi) is 2.69. The first-order valence-electron chi connectivity index (χ1n) is 7.14. The molecule has 17 heavy (non-hydrogen) atoms. The fourth-order valence-electron chi connectivity index (χ4n) is 3.78. The summed E-state index contributed by atoms with van der Waals surface area (Å²) in [4.78, 5) is 12.3. The van der Waals surface area contributed by atoms with Crippen molar-refractivity contribution in [2.24, 2.45) is 0 Å². The van der Waals surface area contributed by atoms with Crippen LogP contribution in [0.25, 0.3) is 0 Å². The Morgan fingerprint density at radius 3 is 2.47 bits per heavy atom. The van der Waals surface area contributed by atoms with Gasteiger partial charge in [0.05, 0.1) is 0 Å². The summed E-state index contributed by atoms with van der Waals surface area (Å²) in [5.74, 6) is -0.0752.